The van der Waals surface area contributed by atoms with Gasteiger partial charge in [0.15, 0.2) is 0 Å². The van der Waals surface area contributed by atoms with Crippen molar-refractivity contribution in [2.45, 2.75) is 44.7 Å². The minimum absolute atomic E-state index is 0.187. The lowest BCUT2D eigenvalue weighted by molar-refractivity contribution is -0.132. The van der Waals surface area contributed by atoms with Crippen molar-refractivity contribution >= 4 is 15.9 Å². The van der Waals surface area contributed by atoms with Crippen molar-refractivity contribution in [2.75, 3.05) is 13.1 Å². The second-order valence-corrected chi connectivity index (χ2v) is 9.98. The molecule has 0 fully saturated rings. The van der Waals surface area contributed by atoms with Crippen LogP contribution in [0.3, 0.4) is 0 Å². The maximum atomic E-state index is 13.3. The number of carbonyl (C=O) groups is 1. The van der Waals surface area contributed by atoms with Gasteiger partial charge in [0.25, 0.3) is 0 Å². The maximum absolute atomic E-state index is 13.3. The van der Waals surface area contributed by atoms with E-state index in [1.54, 1.807) is 55.3 Å². The Morgan fingerprint density at radius 1 is 0.969 bits per heavy atom. The molecule has 32 heavy (non-hydrogen) atoms. The number of aryl methyl sites for hydroxylation is 1. The van der Waals surface area contributed by atoms with Crippen molar-refractivity contribution in [3.8, 4) is 0 Å². The molecule has 1 aromatic heterocycles. The summed E-state index contributed by atoms with van der Waals surface area (Å²) in [6.45, 7) is 5.97. The molecule has 0 aliphatic heterocycles. The molecule has 0 saturated heterocycles. The average Bonchev–Trinajstić information content (AvgIpc) is 3.28. The van der Waals surface area contributed by atoms with Crippen LogP contribution in [-0.4, -0.2) is 42.7 Å². The number of benzene rings is 2. The summed E-state index contributed by atoms with van der Waals surface area (Å²) in [6, 6.07) is 19.8. The molecule has 6 nitrogen and oxygen atoms in total. The fourth-order valence-corrected chi connectivity index (χ4v) is 5.00. The Balaban J connectivity index is 1.80. The molecular weight excluding hydrogens is 424 g/mol. The zero-order valence-corrected chi connectivity index (χ0v) is 19.6. The molecule has 0 aliphatic rings. The third-order valence-corrected chi connectivity index (χ3v) is 7.32. The molecule has 0 spiro atoms. The van der Waals surface area contributed by atoms with E-state index >= 15 is 0 Å². The summed E-state index contributed by atoms with van der Waals surface area (Å²) >= 11 is 0. The lowest BCUT2D eigenvalue weighted by atomic mass is 10.1. The minimum atomic E-state index is -3.81. The molecule has 0 atom stereocenters. The molecule has 170 valence electrons. The van der Waals surface area contributed by atoms with Gasteiger partial charge in [-0.1, -0.05) is 48.0 Å². The fourth-order valence-electron chi connectivity index (χ4n) is 3.42. The van der Waals surface area contributed by atoms with Gasteiger partial charge in [0, 0.05) is 12.6 Å². The van der Waals surface area contributed by atoms with Crippen LogP contribution in [0.1, 0.15) is 30.7 Å². The van der Waals surface area contributed by atoms with Gasteiger partial charge in [-0.15, -0.1) is 0 Å². The Hall–Kier alpha value is -2.90. The van der Waals surface area contributed by atoms with Crippen molar-refractivity contribution < 1.29 is 17.6 Å². The van der Waals surface area contributed by atoms with Gasteiger partial charge in [-0.25, -0.2) is 8.42 Å². The first-order valence-electron chi connectivity index (χ1n) is 10.7. The third kappa shape index (κ3) is 6.08. The highest BCUT2D eigenvalue weighted by Gasteiger charge is 2.30. The number of furan rings is 1. The van der Waals surface area contributed by atoms with Crippen molar-refractivity contribution in [3.05, 3.63) is 89.9 Å². The fraction of sp³-hybridized carbons (Fsp3) is 0.320. The number of hydrogen-bond donors (Lipinski definition) is 0. The van der Waals surface area contributed by atoms with Gasteiger partial charge in [-0.05, 0) is 57.0 Å². The van der Waals surface area contributed by atoms with Gasteiger partial charge in [-0.3, -0.25) is 4.79 Å². The van der Waals surface area contributed by atoms with Crippen molar-refractivity contribution in [2.24, 2.45) is 0 Å². The van der Waals surface area contributed by atoms with Gasteiger partial charge in [0.2, 0.25) is 15.9 Å². The largest absolute Gasteiger partial charge is 0.467 e. The van der Waals surface area contributed by atoms with E-state index in [0.717, 1.165) is 11.1 Å². The van der Waals surface area contributed by atoms with Gasteiger partial charge >= 0.3 is 0 Å². The van der Waals surface area contributed by atoms with E-state index in [1.807, 2.05) is 43.3 Å². The molecule has 3 aromatic rings. The lowest BCUT2D eigenvalue weighted by Crippen LogP contribution is -2.46. The van der Waals surface area contributed by atoms with Crippen molar-refractivity contribution in [1.29, 1.82) is 0 Å². The Bertz CT molecular complexity index is 1090. The summed E-state index contributed by atoms with van der Waals surface area (Å²) in [5.74, 6) is 0.394. The molecule has 0 saturated carbocycles. The van der Waals surface area contributed by atoms with E-state index < -0.39 is 10.0 Å². The van der Waals surface area contributed by atoms with Crippen LogP contribution in [0.2, 0.25) is 0 Å². The molecule has 0 aliphatic carbocycles. The SMILES string of the molecule is Cc1ccc(S(=O)(=O)N(CC(=O)N(CCc2ccccc2)Cc2ccco2)C(C)C)cc1. The van der Waals surface area contributed by atoms with Crippen LogP contribution >= 0.6 is 0 Å². The Morgan fingerprint density at radius 2 is 1.66 bits per heavy atom. The number of nitrogens with zero attached hydrogens (tertiary/aromatic N) is 2. The predicted molar refractivity (Wildman–Crippen MR) is 124 cm³/mol. The predicted octanol–water partition coefficient (Wildman–Crippen LogP) is 4.26. The highest BCUT2D eigenvalue weighted by Crippen LogP contribution is 2.20. The molecular formula is C25H30N2O4S. The Kier molecular flexibility index (Phi) is 7.88. The summed E-state index contributed by atoms with van der Waals surface area (Å²) in [7, 11) is -3.81. The van der Waals surface area contributed by atoms with Crippen LogP contribution in [0.5, 0.6) is 0 Å². The summed E-state index contributed by atoms with van der Waals surface area (Å²) in [5, 5.41) is 0. The lowest BCUT2D eigenvalue weighted by Gasteiger charge is -2.29. The Morgan fingerprint density at radius 3 is 2.25 bits per heavy atom. The van der Waals surface area contributed by atoms with Crippen LogP contribution in [0.4, 0.5) is 0 Å². The zero-order chi connectivity index (χ0) is 23.1. The average molecular weight is 455 g/mol. The van der Waals surface area contributed by atoms with E-state index in [1.165, 1.54) is 4.31 Å². The van der Waals surface area contributed by atoms with Gasteiger partial charge in [-0.2, -0.15) is 4.31 Å². The third-order valence-electron chi connectivity index (χ3n) is 5.29. The summed E-state index contributed by atoms with van der Waals surface area (Å²) < 4.78 is 33.3. The number of amides is 1. The van der Waals surface area contributed by atoms with Crippen LogP contribution in [0.15, 0.2) is 82.3 Å². The molecule has 0 radical (unpaired) electrons. The zero-order valence-electron chi connectivity index (χ0n) is 18.8. The van der Waals surface area contributed by atoms with Crippen LogP contribution in [-0.2, 0) is 27.8 Å². The molecule has 0 unspecified atom stereocenters. The summed E-state index contributed by atoms with van der Waals surface area (Å²) in [5.41, 5.74) is 2.08. The van der Waals surface area contributed by atoms with Gasteiger partial charge < -0.3 is 9.32 Å². The monoisotopic (exact) mass is 454 g/mol. The minimum Gasteiger partial charge on any atom is -0.467 e. The van der Waals surface area contributed by atoms with E-state index in [4.69, 9.17) is 4.42 Å². The number of hydrogen-bond acceptors (Lipinski definition) is 4. The molecule has 7 heteroatoms. The van der Waals surface area contributed by atoms with Crippen molar-refractivity contribution in [3.63, 3.8) is 0 Å². The molecule has 1 amide bonds. The molecule has 3 rings (SSSR count). The van der Waals surface area contributed by atoms with Crippen LogP contribution < -0.4 is 0 Å². The standard InChI is InChI=1S/C25H30N2O4S/c1-20(2)27(32(29,30)24-13-11-21(3)12-14-24)19-25(28)26(18-23-10-7-17-31-23)16-15-22-8-5-4-6-9-22/h4-14,17,20H,15-16,18-19H2,1-3H3. The topological polar surface area (TPSA) is 70.8 Å². The van der Waals surface area contributed by atoms with Gasteiger partial charge in [0.1, 0.15) is 5.76 Å². The highest BCUT2D eigenvalue weighted by molar-refractivity contribution is 7.89. The number of sulfonamides is 1. The van der Waals surface area contributed by atoms with E-state index in [0.29, 0.717) is 18.7 Å². The van der Waals surface area contributed by atoms with E-state index in [-0.39, 0.29) is 29.9 Å². The van der Waals surface area contributed by atoms with Gasteiger partial charge in [0.05, 0.1) is 24.2 Å². The number of rotatable bonds is 10. The highest BCUT2D eigenvalue weighted by atomic mass is 32.2. The molecule has 1 heterocycles. The second kappa shape index (κ2) is 10.6. The maximum Gasteiger partial charge on any atom is 0.243 e. The van der Waals surface area contributed by atoms with Crippen LogP contribution in [0, 0.1) is 6.92 Å². The summed E-state index contributed by atoms with van der Waals surface area (Å²) in [4.78, 5) is 15.2. The quantitative estimate of drug-likeness (QED) is 0.459. The van der Waals surface area contributed by atoms with Crippen LogP contribution in [0.25, 0.3) is 0 Å². The van der Waals surface area contributed by atoms with E-state index in [9.17, 15) is 13.2 Å². The molecule has 2 aromatic carbocycles. The second-order valence-electron chi connectivity index (χ2n) is 8.09. The molecule has 0 N–H and O–H groups in total. The van der Waals surface area contributed by atoms with Crippen molar-refractivity contribution in [1.82, 2.24) is 9.21 Å². The first kappa shape index (κ1) is 23.8. The first-order valence-corrected chi connectivity index (χ1v) is 12.1. The Labute approximate surface area is 190 Å². The van der Waals surface area contributed by atoms with E-state index in [2.05, 4.69) is 0 Å². The molecule has 0 bridgehead atoms. The normalized spacial score (nSPS) is 11.8. The first-order chi connectivity index (χ1) is 15.3. The smallest absolute Gasteiger partial charge is 0.243 e. The summed E-state index contributed by atoms with van der Waals surface area (Å²) in [6.07, 6.45) is 2.23. The number of carbonyl (C=O) groups excluding carboxylic acids is 1.